The Morgan fingerprint density at radius 2 is 2.04 bits per heavy atom. The molecule has 0 aliphatic rings. The highest BCUT2D eigenvalue weighted by atomic mass is 32.2. The number of carbonyl (C=O) groups is 1. The summed E-state index contributed by atoms with van der Waals surface area (Å²) in [7, 11) is 1.34. The van der Waals surface area contributed by atoms with Gasteiger partial charge in [0.1, 0.15) is 15.8 Å². The highest BCUT2D eigenvalue weighted by Gasteiger charge is 2.23. The summed E-state index contributed by atoms with van der Waals surface area (Å²) in [6.07, 6.45) is 1.57. The van der Waals surface area contributed by atoms with E-state index in [9.17, 15) is 9.59 Å². The number of para-hydroxylation sites is 1. The minimum absolute atomic E-state index is 0.205. The van der Waals surface area contributed by atoms with Gasteiger partial charge in [-0.3, -0.25) is 14.2 Å². The highest BCUT2D eigenvalue weighted by Crippen LogP contribution is 2.34. The van der Waals surface area contributed by atoms with Gasteiger partial charge < -0.3 is 9.15 Å². The normalized spacial score (nSPS) is 12.2. The fraction of sp³-hybridized carbons (Fsp3) is 0.150. The number of carbonyl (C=O) groups excluding carboxylic acids is 1. The third kappa shape index (κ3) is 3.25. The molecule has 0 aliphatic heterocycles. The third-order valence-electron chi connectivity index (χ3n) is 4.19. The van der Waals surface area contributed by atoms with E-state index in [4.69, 9.17) is 14.1 Å². The van der Waals surface area contributed by atoms with E-state index in [2.05, 4.69) is 0 Å². The first-order valence-corrected chi connectivity index (χ1v) is 10.2. The second kappa shape index (κ2) is 7.65. The number of nitrogens with zero attached hydrogens (tertiary/aromatic N) is 2. The molecular formula is C20H16N2O4S2. The predicted molar refractivity (Wildman–Crippen MR) is 110 cm³/mol. The number of aromatic nitrogens is 2. The van der Waals surface area contributed by atoms with E-state index >= 15 is 0 Å². The number of hydrogen-bond acceptors (Lipinski definition) is 7. The maximum Gasteiger partial charge on any atom is 0.318 e. The van der Waals surface area contributed by atoms with E-state index in [1.165, 1.54) is 34.8 Å². The maximum atomic E-state index is 13.5. The summed E-state index contributed by atoms with van der Waals surface area (Å²) in [6, 6.07) is 12.8. The lowest BCUT2D eigenvalue weighted by Crippen LogP contribution is -2.23. The molecule has 142 valence electrons. The molecule has 0 aliphatic carbocycles. The second-order valence-corrected chi connectivity index (χ2v) is 8.13. The van der Waals surface area contributed by atoms with Crippen LogP contribution in [0, 0.1) is 0 Å². The SMILES string of the molecule is COC(=O)C(C)Sc1nc2scc(-c3ccco3)c2c(=O)n1-c1ccccc1. The van der Waals surface area contributed by atoms with Gasteiger partial charge in [0.2, 0.25) is 0 Å². The number of benzene rings is 1. The molecule has 0 spiro atoms. The van der Waals surface area contributed by atoms with E-state index in [1.807, 2.05) is 41.8 Å². The molecule has 1 unspecified atom stereocenters. The molecule has 4 aromatic rings. The largest absolute Gasteiger partial charge is 0.468 e. The minimum Gasteiger partial charge on any atom is -0.468 e. The summed E-state index contributed by atoms with van der Waals surface area (Å²) in [6.45, 7) is 1.73. The number of thioether (sulfide) groups is 1. The lowest BCUT2D eigenvalue weighted by Gasteiger charge is -2.14. The topological polar surface area (TPSA) is 74.3 Å². The van der Waals surface area contributed by atoms with Crippen molar-refractivity contribution in [1.29, 1.82) is 0 Å². The van der Waals surface area contributed by atoms with Gasteiger partial charge in [0, 0.05) is 10.9 Å². The Hall–Kier alpha value is -2.84. The molecule has 0 radical (unpaired) electrons. The van der Waals surface area contributed by atoms with Crippen molar-refractivity contribution in [3.63, 3.8) is 0 Å². The van der Waals surface area contributed by atoms with E-state index in [0.29, 0.717) is 32.4 Å². The maximum absolute atomic E-state index is 13.5. The molecule has 28 heavy (non-hydrogen) atoms. The Kier molecular flexibility index (Phi) is 5.06. The molecule has 0 saturated heterocycles. The Morgan fingerprint density at radius 3 is 2.71 bits per heavy atom. The zero-order valence-corrected chi connectivity index (χ0v) is 16.8. The summed E-state index contributed by atoms with van der Waals surface area (Å²) in [5, 5.41) is 2.30. The summed E-state index contributed by atoms with van der Waals surface area (Å²) < 4.78 is 11.8. The predicted octanol–water partition coefficient (Wildman–Crippen LogP) is 4.36. The van der Waals surface area contributed by atoms with Gasteiger partial charge in [-0.05, 0) is 31.2 Å². The van der Waals surface area contributed by atoms with Crippen molar-refractivity contribution in [1.82, 2.24) is 9.55 Å². The number of fused-ring (bicyclic) bond motifs is 1. The fourth-order valence-corrected chi connectivity index (χ4v) is 4.76. The van der Waals surface area contributed by atoms with Gasteiger partial charge in [0.25, 0.3) is 5.56 Å². The zero-order chi connectivity index (χ0) is 19.7. The van der Waals surface area contributed by atoms with Crippen LogP contribution in [-0.4, -0.2) is 27.9 Å². The molecule has 0 amide bonds. The molecule has 0 fully saturated rings. The van der Waals surface area contributed by atoms with E-state index in [-0.39, 0.29) is 11.5 Å². The van der Waals surface area contributed by atoms with Crippen LogP contribution in [0.5, 0.6) is 0 Å². The van der Waals surface area contributed by atoms with E-state index in [1.54, 1.807) is 19.3 Å². The van der Waals surface area contributed by atoms with Crippen molar-refractivity contribution in [2.75, 3.05) is 7.11 Å². The van der Waals surface area contributed by atoms with Crippen molar-refractivity contribution in [2.24, 2.45) is 0 Å². The first-order valence-electron chi connectivity index (χ1n) is 8.48. The van der Waals surface area contributed by atoms with Gasteiger partial charge in [-0.15, -0.1) is 11.3 Å². The van der Waals surface area contributed by atoms with Gasteiger partial charge in [0.05, 0.1) is 24.4 Å². The lowest BCUT2D eigenvalue weighted by molar-refractivity contribution is -0.139. The van der Waals surface area contributed by atoms with Gasteiger partial charge in [-0.25, -0.2) is 4.98 Å². The molecule has 0 N–H and O–H groups in total. The molecule has 8 heteroatoms. The summed E-state index contributed by atoms with van der Waals surface area (Å²) in [5.74, 6) is 0.245. The van der Waals surface area contributed by atoms with Crippen LogP contribution in [0.15, 0.2) is 68.5 Å². The summed E-state index contributed by atoms with van der Waals surface area (Å²) >= 11 is 2.57. The summed E-state index contributed by atoms with van der Waals surface area (Å²) in [4.78, 5) is 30.7. The Labute approximate surface area is 168 Å². The van der Waals surface area contributed by atoms with Crippen LogP contribution in [0.4, 0.5) is 0 Å². The number of rotatable bonds is 5. The highest BCUT2D eigenvalue weighted by molar-refractivity contribution is 8.00. The van der Waals surface area contributed by atoms with Crippen molar-refractivity contribution < 1.29 is 13.9 Å². The van der Waals surface area contributed by atoms with Gasteiger partial charge in [-0.1, -0.05) is 30.0 Å². The number of hydrogen-bond donors (Lipinski definition) is 0. The molecule has 1 aromatic carbocycles. The minimum atomic E-state index is -0.506. The molecule has 3 aromatic heterocycles. The number of ether oxygens (including phenoxy) is 1. The van der Waals surface area contributed by atoms with Crippen LogP contribution in [-0.2, 0) is 9.53 Å². The number of esters is 1. The first kappa shape index (κ1) is 18.5. The number of thiophene rings is 1. The van der Waals surface area contributed by atoms with Crippen LogP contribution in [0.1, 0.15) is 6.92 Å². The van der Waals surface area contributed by atoms with Gasteiger partial charge in [0.15, 0.2) is 5.16 Å². The molecule has 1 atom stereocenters. The Balaban J connectivity index is 1.96. The molecule has 0 bridgehead atoms. The van der Waals surface area contributed by atoms with Crippen molar-refractivity contribution in [3.8, 4) is 17.0 Å². The van der Waals surface area contributed by atoms with Gasteiger partial charge in [-0.2, -0.15) is 0 Å². The van der Waals surface area contributed by atoms with E-state index in [0.717, 1.165) is 0 Å². The number of furan rings is 1. The van der Waals surface area contributed by atoms with Crippen molar-refractivity contribution >= 4 is 39.3 Å². The average Bonchev–Trinajstić information content (AvgIpc) is 3.37. The zero-order valence-electron chi connectivity index (χ0n) is 15.1. The molecular weight excluding hydrogens is 396 g/mol. The van der Waals surface area contributed by atoms with Crippen LogP contribution in [0.3, 0.4) is 0 Å². The van der Waals surface area contributed by atoms with Crippen LogP contribution >= 0.6 is 23.1 Å². The van der Waals surface area contributed by atoms with E-state index < -0.39 is 5.25 Å². The van der Waals surface area contributed by atoms with Gasteiger partial charge >= 0.3 is 5.97 Å². The molecule has 0 saturated carbocycles. The quantitative estimate of drug-likeness (QED) is 0.275. The third-order valence-corrected chi connectivity index (χ3v) is 6.10. The first-order chi connectivity index (χ1) is 13.6. The summed E-state index contributed by atoms with van der Waals surface area (Å²) in [5.41, 5.74) is 1.19. The Bertz CT molecular complexity index is 1180. The van der Waals surface area contributed by atoms with Crippen LogP contribution < -0.4 is 5.56 Å². The smallest absolute Gasteiger partial charge is 0.318 e. The van der Waals surface area contributed by atoms with Crippen molar-refractivity contribution in [3.05, 3.63) is 64.5 Å². The second-order valence-electron chi connectivity index (χ2n) is 5.96. The monoisotopic (exact) mass is 412 g/mol. The number of methoxy groups -OCH3 is 1. The molecule has 6 nitrogen and oxygen atoms in total. The average molecular weight is 412 g/mol. The van der Waals surface area contributed by atoms with Crippen LogP contribution in [0.25, 0.3) is 27.2 Å². The fourth-order valence-electron chi connectivity index (χ4n) is 2.84. The standard InChI is InChI=1S/C20H16N2O4S2/c1-12(19(24)25-2)28-20-21-17-16(14(11-27-17)15-9-6-10-26-15)18(23)22(20)13-7-4-3-5-8-13/h3-12H,1-2H3. The van der Waals surface area contributed by atoms with Crippen LogP contribution in [0.2, 0.25) is 0 Å². The molecule has 4 rings (SSSR count). The Morgan fingerprint density at radius 1 is 1.25 bits per heavy atom. The van der Waals surface area contributed by atoms with Crippen molar-refractivity contribution in [2.45, 2.75) is 17.3 Å². The lowest BCUT2D eigenvalue weighted by atomic mass is 10.2. The molecule has 3 heterocycles.